The predicted octanol–water partition coefficient (Wildman–Crippen LogP) is 1.87. The van der Waals surface area contributed by atoms with Gasteiger partial charge < -0.3 is 19.9 Å². The second-order valence-corrected chi connectivity index (χ2v) is 7.82. The fraction of sp³-hybridized carbons (Fsp3) is 0.333. The van der Waals surface area contributed by atoms with Crippen LogP contribution in [0, 0.1) is 0 Å². The number of nitrogens with one attached hydrogen (secondary N) is 2. The highest BCUT2D eigenvalue weighted by atomic mass is 16.5. The van der Waals surface area contributed by atoms with E-state index in [0.29, 0.717) is 36.9 Å². The second-order valence-electron chi connectivity index (χ2n) is 7.82. The zero-order valence-electron chi connectivity index (χ0n) is 18.5. The van der Waals surface area contributed by atoms with Gasteiger partial charge in [-0.05, 0) is 43.3 Å². The zero-order chi connectivity index (χ0) is 23.2. The van der Waals surface area contributed by atoms with E-state index in [0.717, 1.165) is 18.8 Å². The number of para-hydroxylation sites is 1. The first-order chi connectivity index (χ1) is 16.0. The van der Waals surface area contributed by atoms with Crippen molar-refractivity contribution in [1.29, 1.82) is 0 Å². The molecule has 2 heterocycles. The van der Waals surface area contributed by atoms with Crippen molar-refractivity contribution in [1.82, 2.24) is 10.2 Å². The topological polar surface area (TPSA) is 103 Å². The summed E-state index contributed by atoms with van der Waals surface area (Å²) in [5, 5.41) is 5.59. The van der Waals surface area contributed by atoms with Crippen LogP contribution in [0.4, 0.5) is 11.4 Å². The Morgan fingerprint density at radius 3 is 2.36 bits per heavy atom. The monoisotopic (exact) mass is 449 g/mol. The number of carbonyl (C=O) groups excluding carboxylic acids is 3. The van der Waals surface area contributed by atoms with Gasteiger partial charge in [-0.15, -0.1) is 0 Å². The summed E-state index contributed by atoms with van der Waals surface area (Å²) >= 11 is 0. The van der Waals surface area contributed by atoms with Gasteiger partial charge >= 0.3 is 5.97 Å². The maximum absolute atomic E-state index is 12.8. The van der Waals surface area contributed by atoms with Crippen molar-refractivity contribution in [2.75, 3.05) is 43.0 Å². The number of benzene rings is 2. The third kappa shape index (κ3) is 5.49. The van der Waals surface area contributed by atoms with Gasteiger partial charge in [0.2, 0.25) is 17.8 Å². The van der Waals surface area contributed by atoms with Crippen molar-refractivity contribution in [2.24, 2.45) is 4.99 Å². The van der Waals surface area contributed by atoms with Crippen LogP contribution in [0.25, 0.3) is 0 Å². The number of esters is 1. The van der Waals surface area contributed by atoms with Gasteiger partial charge in [0.25, 0.3) is 0 Å². The lowest BCUT2D eigenvalue weighted by molar-refractivity contribution is -0.125. The molecule has 0 aliphatic carbocycles. The maximum Gasteiger partial charge on any atom is 0.338 e. The minimum Gasteiger partial charge on any atom is -0.462 e. The predicted molar refractivity (Wildman–Crippen MR) is 125 cm³/mol. The van der Waals surface area contributed by atoms with E-state index in [4.69, 9.17) is 4.74 Å². The first-order valence-corrected chi connectivity index (χ1v) is 11.0. The van der Waals surface area contributed by atoms with Crippen LogP contribution in [0.3, 0.4) is 0 Å². The highest BCUT2D eigenvalue weighted by Crippen LogP contribution is 2.17. The van der Waals surface area contributed by atoms with Crippen LogP contribution >= 0.6 is 0 Å². The number of piperazine rings is 1. The van der Waals surface area contributed by atoms with Crippen LogP contribution in [0.15, 0.2) is 59.6 Å². The molecule has 0 radical (unpaired) electrons. The normalized spacial score (nSPS) is 18.3. The van der Waals surface area contributed by atoms with Crippen LogP contribution in [0.5, 0.6) is 0 Å². The van der Waals surface area contributed by atoms with Crippen molar-refractivity contribution >= 4 is 35.1 Å². The van der Waals surface area contributed by atoms with Crippen LogP contribution < -0.4 is 15.5 Å². The maximum atomic E-state index is 12.8. The Balaban J connectivity index is 1.37. The van der Waals surface area contributed by atoms with E-state index in [1.54, 1.807) is 31.2 Å². The summed E-state index contributed by atoms with van der Waals surface area (Å²) < 4.78 is 4.96. The van der Waals surface area contributed by atoms with Crippen LogP contribution in [-0.2, 0) is 14.3 Å². The molecule has 0 unspecified atom stereocenters. The molecule has 0 spiro atoms. The van der Waals surface area contributed by atoms with Gasteiger partial charge in [-0.25, -0.2) is 9.79 Å². The number of amides is 2. The standard InChI is InChI=1S/C24H27N5O4/c1-2-33-23(32)17-8-10-18(11-9-17)25-22(31)20-16-21(30)27-24(26-20)29-14-12-28(13-15-29)19-6-4-3-5-7-19/h3-11,20H,2,12-16H2,1H3,(H,25,31)(H,26,27,30)/t20-/m1/s1. The molecule has 0 saturated carbocycles. The number of hydrogen-bond acceptors (Lipinski definition) is 7. The van der Waals surface area contributed by atoms with Crippen molar-refractivity contribution < 1.29 is 19.1 Å². The lowest BCUT2D eigenvalue weighted by atomic mass is 10.1. The number of ether oxygens (including phenoxy) is 1. The van der Waals surface area contributed by atoms with Crippen LogP contribution in [0.2, 0.25) is 0 Å². The summed E-state index contributed by atoms with van der Waals surface area (Å²) in [5.74, 6) is -0.574. The Morgan fingerprint density at radius 2 is 1.70 bits per heavy atom. The molecule has 2 aromatic carbocycles. The van der Waals surface area contributed by atoms with E-state index in [1.807, 2.05) is 23.1 Å². The molecule has 2 amide bonds. The number of anilines is 2. The third-order valence-corrected chi connectivity index (χ3v) is 5.57. The van der Waals surface area contributed by atoms with Crippen molar-refractivity contribution in [3.05, 3.63) is 60.2 Å². The average Bonchev–Trinajstić information content (AvgIpc) is 2.85. The first kappa shape index (κ1) is 22.3. The molecule has 1 atom stereocenters. The van der Waals surface area contributed by atoms with Crippen LogP contribution in [-0.4, -0.2) is 67.5 Å². The fourth-order valence-electron chi connectivity index (χ4n) is 3.83. The van der Waals surface area contributed by atoms with E-state index in [9.17, 15) is 14.4 Å². The molecule has 2 aliphatic heterocycles. The quantitative estimate of drug-likeness (QED) is 0.676. The highest BCUT2D eigenvalue weighted by molar-refractivity contribution is 6.06. The molecule has 2 N–H and O–H groups in total. The number of nitrogens with zero attached hydrogens (tertiary/aromatic N) is 3. The van der Waals surface area contributed by atoms with Gasteiger partial charge in [-0.1, -0.05) is 18.2 Å². The first-order valence-electron chi connectivity index (χ1n) is 11.0. The summed E-state index contributed by atoms with van der Waals surface area (Å²) in [4.78, 5) is 45.7. The molecule has 1 saturated heterocycles. The smallest absolute Gasteiger partial charge is 0.338 e. The summed E-state index contributed by atoms with van der Waals surface area (Å²) in [6.07, 6.45) is -0.0137. The molecule has 9 heteroatoms. The number of aliphatic imine (C=N–C) groups is 1. The van der Waals surface area contributed by atoms with Gasteiger partial charge in [0.05, 0.1) is 18.6 Å². The zero-order valence-corrected chi connectivity index (χ0v) is 18.5. The van der Waals surface area contributed by atoms with E-state index in [1.165, 1.54) is 0 Å². The van der Waals surface area contributed by atoms with Gasteiger partial charge in [0.15, 0.2) is 0 Å². The van der Waals surface area contributed by atoms with Crippen molar-refractivity contribution in [3.8, 4) is 0 Å². The van der Waals surface area contributed by atoms with Gasteiger partial charge in [0, 0.05) is 37.6 Å². The Labute approximate surface area is 192 Å². The van der Waals surface area contributed by atoms with E-state index in [2.05, 4.69) is 32.7 Å². The Hall–Kier alpha value is -3.88. The number of guanidine groups is 1. The highest BCUT2D eigenvalue weighted by Gasteiger charge is 2.30. The third-order valence-electron chi connectivity index (χ3n) is 5.57. The Morgan fingerprint density at radius 1 is 1.03 bits per heavy atom. The van der Waals surface area contributed by atoms with E-state index < -0.39 is 12.0 Å². The molecular weight excluding hydrogens is 422 g/mol. The molecular formula is C24H27N5O4. The second kappa shape index (κ2) is 10.2. The summed E-state index contributed by atoms with van der Waals surface area (Å²) in [6, 6.07) is 15.8. The van der Waals surface area contributed by atoms with Crippen LogP contribution in [0.1, 0.15) is 23.7 Å². The van der Waals surface area contributed by atoms with Gasteiger partial charge in [0.1, 0.15) is 6.04 Å². The minimum absolute atomic E-state index is 0.0137. The Kier molecular flexibility index (Phi) is 6.87. The SMILES string of the molecule is CCOC(=O)c1ccc(NC(=O)[C@H]2CC(=O)NC(N3CCN(c4ccccc4)CC3)=N2)cc1. The molecule has 2 aliphatic rings. The lowest BCUT2D eigenvalue weighted by Crippen LogP contribution is -2.56. The molecule has 2 aromatic rings. The summed E-state index contributed by atoms with van der Waals surface area (Å²) in [5.41, 5.74) is 2.09. The molecule has 4 rings (SSSR count). The largest absolute Gasteiger partial charge is 0.462 e. The number of carbonyl (C=O) groups is 3. The Bertz CT molecular complexity index is 1030. The lowest BCUT2D eigenvalue weighted by Gasteiger charge is -2.38. The van der Waals surface area contributed by atoms with Crippen molar-refractivity contribution in [2.45, 2.75) is 19.4 Å². The molecule has 9 nitrogen and oxygen atoms in total. The van der Waals surface area contributed by atoms with E-state index >= 15 is 0 Å². The molecule has 172 valence electrons. The average molecular weight is 450 g/mol. The molecule has 0 bridgehead atoms. The summed E-state index contributed by atoms with van der Waals surface area (Å²) in [6.45, 7) is 5.01. The molecule has 0 aromatic heterocycles. The van der Waals surface area contributed by atoms with Gasteiger partial charge in [-0.3, -0.25) is 14.9 Å². The number of rotatable bonds is 5. The molecule has 1 fully saturated rings. The minimum atomic E-state index is -0.814. The fourth-order valence-corrected chi connectivity index (χ4v) is 3.83. The number of hydrogen-bond donors (Lipinski definition) is 2. The molecule has 33 heavy (non-hydrogen) atoms. The van der Waals surface area contributed by atoms with E-state index in [-0.39, 0.29) is 18.2 Å². The summed E-state index contributed by atoms with van der Waals surface area (Å²) in [7, 11) is 0. The van der Waals surface area contributed by atoms with Gasteiger partial charge in [-0.2, -0.15) is 0 Å². The van der Waals surface area contributed by atoms with Crippen molar-refractivity contribution in [3.63, 3.8) is 0 Å².